The average Bonchev–Trinajstić information content (AvgIpc) is 2.99. The van der Waals surface area contributed by atoms with Crippen LogP contribution in [-0.2, 0) is 0 Å². The van der Waals surface area contributed by atoms with Gasteiger partial charge >= 0.3 is 5.97 Å². The van der Waals surface area contributed by atoms with Gasteiger partial charge in [0, 0.05) is 39.0 Å². The van der Waals surface area contributed by atoms with Gasteiger partial charge in [0.25, 0.3) is 17.3 Å². The van der Waals surface area contributed by atoms with E-state index in [-0.39, 0.29) is 44.2 Å². The Morgan fingerprint density at radius 3 is 1.67 bits per heavy atom. The van der Waals surface area contributed by atoms with Crippen LogP contribution in [0.4, 0.5) is 23.0 Å². The van der Waals surface area contributed by atoms with Gasteiger partial charge in [0.15, 0.2) is 0 Å². The van der Waals surface area contributed by atoms with Crippen molar-refractivity contribution in [2.24, 2.45) is 0 Å². The van der Waals surface area contributed by atoms with Crippen LogP contribution in [0.2, 0.25) is 10.0 Å². The number of pyridine rings is 2. The number of anilines is 2. The molecule has 0 fully saturated rings. The van der Waals surface area contributed by atoms with Crippen molar-refractivity contribution in [2.75, 3.05) is 25.3 Å². The van der Waals surface area contributed by atoms with E-state index in [1.807, 2.05) is 0 Å². The number of nitrogens with zero attached hydrogens (tertiary/aromatic N) is 4. The van der Waals surface area contributed by atoms with Crippen molar-refractivity contribution in [3.63, 3.8) is 0 Å². The van der Waals surface area contributed by atoms with E-state index >= 15 is 0 Å². The standard InChI is InChI=1S/C13H10ClN3O4.C8H7NO5.C5H5ClN2.CH4.B/c1-21-9-3-4-11(17(19)20)10(6-9)13(18)16-12-5-2-8(14)7-15-12;1-14-5-2-3-7(9(12)13)6(4-5)8(10)11;6-4-1-2-5(7)8-3-4;;/h2-7H,1H3,(H,15,16,18);2-4H,1H3,(H,10,11);1-3H,(H2,7,8);1H4;. The Hall–Kier alpha value is -5.48. The fourth-order valence-corrected chi connectivity index (χ4v) is 3.20. The fraction of sp³-hybridized carbons (Fsp3) is 0.111. The van der Waals surface area contributed by atoms with Crippen LogP contribution in [-0.4, -0.2) is 59.4 Å². The van der Waals surface area contributed by atoms with Crippen molar-refractivity contribution >= 4 is 66.5 Å². The van der Waals surface area contributed by atoms with E-state index < -0.39 is 27.4 Å². The maximum absolute atomic E-state index is 12.1. The highest BCUT2D eigenvalue weighted by molar-refractivity contribution is 6.30. The Labute approximate surface area is 268 Å². The summed E-state index contributed by atoms with van der Waals surface area (Å²) in [5.74, 6) is -0.662. The molecule has 2 heterocycles. The molecule has 4 aromatic rings. The molecule has 0 spiro atoms. The number of nitrogens with two attached hydrogens (primary N) is 1. The van der Waals surface area contributed by atoms with Crippen molar-refractivity contribution in [2.45, 2.75) is 7.43 Å². The first-order valence-corrected chi connectivity index (χ1v) is 12.3. The van der Waals surface area contributed by atoms with Crippen molar-refractivity contribution in [1.82, 2.24) is 9.97 Å². The number of hydrogen-bond acceptors (Lipinski definition) is 11. The van der Waals surface area contributed by atoms with E-state index in [1.165, 1.54) is 56.9 Å². The lowest BCUT2D eigenvalue weighted by molar-refractivity contribution is -0.385. The molecule has 15 nitrogen and oxygen atoms in total. The number of carbonyl (C=O) groups is 2. The SMILES string of the molecule is C.COc1ccc([N+](=O)[O-])c(C(=O)Nc2ccc(Cl)cn2)c1.COc1ccc([N+](=O)[O-])c(C(=O)O)c1.Nc1ccc(Cl)cn1.[B]. The van der Waals surface area contributed by atoms with Crippen molar-refractivity contribution < 1.29 is 34.0 Å². The second-order valence-electron chi connectivity index (χ2n) is 7.80. The number of aromatic nitrogens is 2. The van der Waals surface area contributed by atoms with E-state index in [9.17, 15) is 29.8 Å². The van der Waals surface area contributed by atoms with Crippen LogP contribution >= 0.6 is 23.2 Å². The third kappa shape index (κ3) is 12.3. The summed E-state index contributed by atoms with van der Waals surface area (Å²) in [6.45, 7) is 0. The predicted molar refractivity (Wildman–Crippen MR) is 170 cm³/mol. The van der Waals surface area contributed by atoms with E-state index in [0.717, 1.165) is 12.1 Å². The summed E-state index contributed by atoms with van der Waals surface area (Å²) in [6.07, 6.45) is 2.87. The number of nitro groups is 2. The van der Waals surface area contributed by atoms with Crippen molar-refractivity contribution in [1.29, 1.82) is 0 Å². The molecule has 3 radical (unpaired) electrons. The van der Waals surface area contributed by atoms with Gasteiger partial charge < -0.3 is 25.6 Å². The number of ether oxygens (including phenoxy) is 2. The summed E-state index contributed by atoms with van der Waals surface area (Å²) in [5, 5.41) is 33.6. The predicted octanol–water partition coefficient (Wildman–Crippen LogP) is 5.78. The third-order valence-electron chi connectivity index (χ3n) is 5.00. The molecular formula is C27H26BCl2N6O9. The smallest absolute Gasteiger partial charge is 0.342 e. The van der Waals surface area contributed by atoms with Crippen LogP contribution in [0.1, 0.15) is 28.1 Å². The number of carboxylic acid groups (broad SMARTS) is 1. The van der Waals surface area contributed by atoms with E-state index in [4.69, 9.17) is 43.5 Å². The summed E-state index contributed by atoms with van der Waals surface area (Å²) in [5.41, 5.74) is 4.00. The lowest BCUT2D eigenvalue weighted by atomic mass is 10.1. The number of halogens is 2. The summed E-state index contributed by atoms with van der Waals surface area (Å²) in [4.78, 5) is 50.4. The molecule has 4 N–H and O–H groups in total. The minimum atomic E-state index is -1.35. The molecule has 0 aliphatic heterocycles. The summed E-state index contributed by atoms with van der Waals surface area (Å²) in [7, 11) is 2.76. The van der Waals surface area contributed by atoms with Crippen LogP contribution in [0.25, 0.3) is 0 Å². The second kappa shape index (κ2) is 18.9. The highest BCUT2D eigenvalue weighted by Crippen LogP contribution is 2.25. The number of methoxy groups -OCH3 is 2. The highest BCUT2D eigenvalue weighted by atomic mass is 35.5. The van der Waals surface area contributed by atoms with Gasteiger partial charge in [-0.25, -0.2) is 14.8 Å². The number of amides is 1. The van der Waals surface area contributed by atoms with Crippen LogP contribution in [0.3, 0.4) is 0 Å². The molecule has 45 heavy (non-hydrogen) atoms. The molecule has 0 saturated carbocycles. The molecule has 0 unspecified atom stereocenters. The topological polar surface area (TPSA) is 223 Å². The second-order valence-corrected chi connectivity index (χ2v) is 8.68. The maximum Gasteiger partial charge on any atom is 0.342 e. The summed E-state index contributed by atoms with van der Waals surface area (Å²) < 4.78 is 9.72. The molecule has 0 saturated heterocycles. The summed E-state index contributed by atoms with van der Waals surface area (Å²) in [6, 6.07) is 13.9. The van der Waals surface area contributed by atoms with Crippen LogP contribution in [0.15, 0.2) is 73.1 Å². The first kappa shape index (κ1) is 39.5. The van der Waals surface area contributed by atoms with Crippen molar-refractivity contribution in [3.8, 4) is 11.5 Å². The van der Waals surface area contributed by atoms with Gasteiger partial charge in [-0.3, -0.25) is 25.0 Å². The first-order valence-electron chi connectivity index (χ1n) is 11.5. The molecule has 1 amide bonds. The van der Waals surface area contributed by atoms with E-state index in [1.54, 1.807) is 18.2 Å². The lowest BCUT2D eigenvalue weighted by Crippen LogP contribution is -2.15. The van der Waals surface area contributed by atoms with Crippen molar-refractivity contribution in [3.05, 3.63) is 114 Å². The minimum Gasteiger partial charge on any atom is -0.497 e. The van der Waals surface area contributed by atoms with Crippen LogP contribution in [0, 0.1) is 20.2 Å². The molecule has 4 rings (SSSR count). The zero-order chi connectivity index (χ0) is 32.1. The number of benzene rings is 2. The maximum atomic E-state index is 12.1. The molecule has 235 valence electrons. The number of hydrogen-bond donors (Lipinski definition) is 3. The van der Waals surface area contributed by atoms with E-state index in [2.05, 4.69) is 15.3 Å². The number of aromatic carboxylic acids is 1. The largest absolute Gasteiger partial charge is 0.497 e. The number of nitro benzene ring substituents is 2. The van der Waals surface area contributed by atoms with Gasteiger partial charge in [0.2, 0.25) is 0 Å². The Balaban J connectivity index is 0.000000697. The molecule has 0 bridgehead atoms. The number of carbonyl (C=O) groups excluding carboxylic acids is 1. The molecule has 0 atom stereocenters. The highest BCUT2D eigenvalue weighted by Gasteiger charge is 2.22. The normalized spacial score (nSPS) is 9.24. The first-order chi connectivity index (χ1) is 20.4. The molecular weight excluding hydrogens is 634 g/mol. The number of nitrogen functional groups attached to an aromatic ring is 1. The third-order valence-corrected chi connectivity index (χ3v) is 5.44. The van der Waals surface area contributed by atoms with Gasteiger partial charge in [0.1, 0.15) is 34.3 Å². The number of nitrogens with one attached hydrogen (secondary N) is 1. The van der Waals surface area contributed by atoms with Crippen LogP contribution < -0.4 is 20.5 Å². The zero-order valence-electron chi connectivity index (χ0n) is 22.8. The van der Waals surface area contributed by atoms with Gasteiger partial charge in [-0.15, -0.1) is 0 Å². The monoisotopic (exact) mass is 659 g/mol. The van der Waals surface area contributed by atoms with Gasteiger partial charge in [-0.2, -0.15) is 0 Å². The fourth-order valence-electron chi connectivity index (χ4n) is 2.98. The zero-order valence-corrected chi connectivity index (χ0v) is 24.4. The minimum absolute atomic E-state index is 0. The molecule has 0 aliphatic carbocycles. The quantitative estimate of drug-likeness (QED) is 0.122. The Morgan fingerprint density at radius 2 is 1.29 bits per heavy atom. The van der Waals surface area contributed by atoms with Gasteiger partial charge in [0.05, 0.1) is 34.1 Å². The number of rotatable bonds is 7. The lowest BCUT2D eigenvalue weighted by Gasteiger charge is -2.07. The molecule has 2 aromatic carbocycles. The molecule has 18 heteroatoms. The Kier molecular flexibility index (Phi) is 16.6. The van der Waals surface area contributed by atoms with Crippen LogP contribution in [0.5, 0.6) is 11.5 Å². The Morgan fingerprint density at radius 1 is 0.822 bits per heavy atom. The van der Waals surface area contributed by atoms with E-state index in [0.29, 0.717) is 21.6 Å². The van der Waals surface area contributed by atoms with Gasteiger partial charge in [-0.05, 0) is 42.5 Å². The average molecular weight is 660 g/mol. The molecule has 0 aliphatic rings. The Bertz CT molecular complexity index is 1590. The number of carboxylic acids is 1. The molecule has 2 aromatic heterocycles. The van der Waals surface area contributed by atoms with Gasteiger partial charge in [-0.1, -0.05) is 30.6 Å². The summed E-state index contributed by atoms with van der Waals surface area (Å²) >= 11 is 11.2.